The Morgan fingerprint density at radius 2 is 2.19 bits per heavy atom. The fraction of sp³-hybridized carbons (Fsp3) is 0.615. The molecule has 1 atom stereocenters. The SMILES string of the molecule is CCCC(=O)N1CCn2c(C)ccc2[C@H]1C. The molecule has 3 heteroatoms. The Bertz CT molecular complexity index is 395. The zero-order valence-corrected chi connectivity index (χ0v) is 10.4. The fourth-order valence-electron chi connectivity index (χ4n) is 2.52. The molecule has 0 saturated heterocycles. The second kappa shape index (κ2) is 4.32. The number of fused-ring (bicyclic) bond motifs is 1. The molecule has 3 nitrogen and oxygen atoms in total. The topological polar surface area (TPSA) is 25.2 Å². The van der Waals surface area contributed by atoms with Crippen LogP contribution in [0.15, 0.2) is 12.1 Å². The van der Waals surface area contributed by atoms with Gasteiger partial charge in [-0.15, -0.1) is 0 Å². The monoisotopic (exact) mass is 220 g/mol. The summed E-state index contributed by atoms with van der Waals surface area (Å²) >= 11 is 0. The van der Waals surface area contributed by atoms with E-state index in [0.29, 0.717) is 12.3 Å². The Labute approximate surface area is 97.1 Å². The smallest absolute Gasteiger partial charge is 0.223 e. The summed E-state index contributed by atoms with van der Waals surface area (Å²) in [5.74, 6) is 0.292. The molecule has 2 heterocycles. The lowest BCUT2D eigenvalue weighted by atomic mass is 10.1. The van der Waals surface area contributed by atoms with Gasteiger partial charge in [0.25, 0.3) is 0 Å². The van der Waals surface area contributed by atoms with Crippen LogP contribution in [0.3, 0.4) is 0 Å². The number of hydrogen-bond acceptors (Lipinski definition) is 1. The van der Waals surface area contributed by atoms with E-state index in [1.54, 1.807) is 0 Å². The first-order valence-electron chi connectivity index (χ1n) is 6.10. The summed E-state index contributed by atoms with van der Waals surface area (Å²) < 4.78 is 2.32. The van der Waals surface area contributed by atoms with E-state index in [2.05, 4.69) is 37.5 Å². The molecule has 2 rings (SSSR count). The number of amides is 1. The molecule has 1 aromatic heterocycles. The highest BCUT2D eigenvalue weighted by Crippen LogP contribution is 2.27. The molecule has 1 amide bonds. The van der Waals surface area contributed by atoms with Crippen LogP contribution in [0.25, 0.3) is 0 Å². The molecule has 0 N–H and O–H groups in total. The zero-order chi connectivity index (χ0) is 11.7. The van der Waals surface area contributed by atoms with E-state index in [1.165, 1.54) is 11.4 Å². The van der Waals surface area contributed by atoms with E-state index >= 15 is 0 Å². The summed E-state index contributed by atoms with van der Waals surface area (Å²) in [5.41, 5.74) is 2.57. The van der Waals surface area contributed by atoms with Crippen LogP contribution in [0.4, 0.5) is 0 Å². The number of hydrogen-bond donors (Lipinski definition) is 0. The molecule has 0 saturated carbocycles. The first-order valence-corrected chi connectivity index (χ1v) is 6.10. The van der Waals surface area contributed by atoms with Crippen molar-refractivity contribution in [1.82, 2.24) is 9.47 Å². The summed E-state index contributed by atoms with van der Waals surface area (Å²) in [7, 11) is 0. The minimum Gasteiger partial charge on any atom is -0.345 e. The van der Waals surface area contributed by atoms with Crippen LogP contribution in [0.5, 0.6) is 0 Å². The van der Waals surface area contributed by atoms with Crippen molar-refractivity contribution in [3.05, 3.63) is 23.5 Å². The summed E-state index contributed by atoms with van der Waals surface area (Å²) in [6.45, 7) is 8.09. The van der Waals surface area contributed by atoms with Crippen LogP contribution in [-0.4, -0.2) is 21.9 Å². The van der Waals surface area contributed by atoms with Crippen molar-refractivity contribution in [2.45, 2.75) is 46.2 Å². The van der Waals surface area contributed by atoms with Gasteiger partial charge >= 0.3 is 0 Å². The van der Waals surface area contributed by atoms with Gasteiger partial charge in [-0.25, -0.2) is 0 Å². The van der Waals surface area contributed by atoms with Crippen molar-refractivity contribution in [2.75, 3.05) is 6.54 Å². The highest BCUT2D eigenvalue weighted by molar-refractivity contribution is 5.76. The molecular weight excluding hydrogens is 200 g/mol. The average Bonchev–Trinajstić information content (AvgIpc) is 2.62. The minimum absolute atomic E-state index is 0.224. The van der Waals surface area contributed by atoms with Crippen LogP contribution in [0, 0.1) is 6.92 Å². The van der Waals surface area contributed by atoms with Gasteiger partial charge < -0.3 is 9.47 Å². The first kappa shape index (κ1) is 11.2. The maximum Gasteiger partial charge on any atom is 0.223 e. The van der Waals surface area contributed by atoms with Crippen molar-refractivity contribution in [1.29, 1.82) is 0 Å². The largest absolute Gasteiger partial charge is 0.345 e. The Morgan fingerprint density at radius 3 is 2.88 bits per heavy atom. The normalized spacial score (nSPS) is 19.7. The van der Waals surface area contributed by atoms with Crippen LogP contribution in [0.2, 0.25) is 0 Å². The van der Waals surface area contributed by atoms with Gasteiger partial charge in [-0.2, -0.15) is 0 Å². The van der Waals surface area contributed by atoms with E-state index in [1.807, 2.05) is 4.90 Å². The molecule has 0 aromatic carbocycles. The zero-order valence-electron chi connectivity index (χ0n) is 10.4. The predicted octanol–water partition coefficient (Wildman–Crippen LogP) is 2.50. The summed E-state index contributed by atoms with van der Waals surface area (Å²) in [6, 6.07) is 4.51. The molecule has 88 valence electrons. The number of aromatic nitrogens is 1. The fourth-order valence-corrected chi connectivity index (χ4v) is 2.52. The average molecular weight is 220 g/mol. The summed E-state index contributed by atoms with van der Waals surface area (Å²) in [4.78, 5) is 14.0. The molecule has 1 aromatic rings. The predicted molar refractivity (Wildman–Crippen MR) is 64.2 cm³/mol. The van der Waals surface area contributed by atoms with Gasteiger partial charge in [-0.3, -0.25) is 4.79 Å². The maximum absolute atomic E-state index is 11.9. The Balaban J connectivity index is 2.21. The minimum atomic E-state index is 0.224. The molecule has 0 unspecified atom stereocenters. The second-order valence-corrected chi connectivity index (χ2v) is 4.56. The highest BCUT2D eigenvalue weighted by atomic mass is 16.2. The van der Waals surface area contributed by atoms with Crippen LogP contribution in [0.1, 0.15) is 44.1 Å². The highest BCUT2D eigenvalue weighted by Gasteiger charge is 2.27. The van der Waals surface area contributed by atoms with E-state index in [-0.39, 0.29) is 6.04 Å². The van der Waals surface area contributed by atoms with E-state index in [0.717, 1.165) is 19.5 Å². The van der Waals surface area contributed by atoms with Crippen molar-refractivity contribution in [2.24, 2.45) is 0 Å². The van der Waals surface area contributed by atoms with Crippen molar-refractivity contribution in [3.63, 3.8) is 0 Å². The number of rotatable bonds is 2. The maximum atomic E-state index is 11.9. The van der Waals surface area contributed by atoms with Gasteiger partial charge in [0.2, 0.25) is 5.91 Å². The lowest BCUT2D eigenvalue weighted by molar-refractivity contribution is -0.134. The van der Waals surface area contributed by atoms with E-state index < -0.39 is 0 Å². The number of carbonyl (C=O) groups is 1. The number of nitrogens with zero attached hydrogens (tertiary/aromatic N) is 2. The standard InChI is InChI=1S/C13H20N2O/c1-4-5-13(16)15-9-8-14-10(2)6-7-12(14)11(15)3/h6-7,11H,4-5,8-9H2,1-3H3/t11-/m1/s1. The molecule has 0 bridgehead atoms. The van der Waals surface area contributed by atoms with Gasteiger partial charge in [-0.1, -0.05) is 6.92 Å². The van der Waals surface area contributed by atoms with Crippen molar-refractivity contribution >= 4 is 5.91 Å². The Kier molecular flexibility index (Phi) is 3.03. The van der Waals surface area contributed by atoms with Gasteiger partial charge in [0.05, 0.1) is 6.04 Å². The van der Waals surface area contributed by atoms with Gasteiger partial charge in [0, 0.05) is 30.9 Å². The molecule has 1 aliphatic rings. The quantitative estimate of drug-likeness (QED) is 0.751. The third-order valence-electron chi connectivity index (χ3n) is 3.48. The molecule has 1 aliphatic heterocycles. The van der Waals surface area contributed by atoms with Crippen LogP contribution in [-0.2, 0) is 11.3 Å². The third kappa shape index (κ3) is 1.75. The van der Waals surface area contributed by atoms with Crippen molar-refractivity contribution in [3.8, 4) is 0 Å². The molecule has 0 fully saturated rings. The first-order chi connectivity index (χ1) is 7.65. The van der Waals surface area contributed by atoms with Gasteiger partial charge in [0.1, 0.15) is 0 Å². The van der Waals surface area contributed by atoms with Crippen molar-refractivity contribution < 1.29 is 4.79 Å². The molecule has 16 heavy (non-hydrogen) atoms. The molecule has 0 spiro atoms. The second-order valence-electron chi connectivity index (χ2n) is 4.56. The van der Waals surface area contributed by atoms with Gasteiger partial charge in [-0.05, 0) is 32.4 Å². The lowest BCUT2D eigenvalue weighted by Crippen LogP contribution is -2.40. The summed E-state index contributed by atoms with van der Waals surface area (Å²) in [6.07, 6.45) is 1.60. The molecular formula is C13H20N2O. The third-order valence-corrected chi connectivity index (χ3v) is 3.48. The number of carbonyl (C=O) groups excluding carboxylic acids is 1. The van der Waals surface area contributed by atoms with E-state index in [9.17, 15) is 4.79 Å². The van der Waals surface area contributed by atoms with Gasteiger partial charge in [0.15, 0.2) is 0 Å². The molecule has 0 radical (unpaired) electrons. The number of aryl methyl sites for hydroxylation is 1. The van der Waals surface area contributed by atoms with E-state index in [4.69, 9.17) is 0 Å². The Morgan fingerprint density at radius 1 is 1.44 bits per heavy atom. The van der Waals surface area contributed by atoms with Crippen LogP contribution >= 0.6 is 0 Å². The Hall–Kier alpha value is -1.25. The molecule has 0 aliphatic carbocycles. The van der Waals surface area contributed by atoms with Crippen LogP contribution < -0.4 is 0 Å². The lowest BCUT2D eigenvalue weighted by Gasteiger charge is -2.35. The summed E-state index contributed by atoms with van der Waals surface area (Å²) in [5, 5.41) is 0.